The van der Waals surface area contributed by atoms with Crippen LogP contribution in [0, 0.1) is 0 Å². The molecule has 1 fully saturated rings. The first kappa shape index (κ1) is 12.1. The maximum absolute atomic E-state index is 11.0. The number of nitrogens with two attached hydrogens (primary N) is 1. The fraction of sp³-hybridized carbons (Fsp3) is 0.857. The topological polar surface area (TPSA) is 111 Å². The second-order valence-electron chi connectivity index (χ2n) is 3.13. The number of hydrazine groups is 1. The van der Waals surface area contributed by atoms with Gasteiger partial charge in [0, 0.05) is 13.1 Å². The Morgan fingerprint density at radius 3 is 2.93 bits per heavy atom. The molecule has 15 heavy (non-hydrogen) atoms. The Labute approximate surface area is 87.1 Å². The predicted molar refractivity (Wildman–Crippen MR) is 50.0 cm³/mol. The molecular weight excluding hydrogens is 204 g/mol. The van der Waals surface area contributed by atoms with Crippen molar-refractivity contribution in [2.24, 2.45) is 5.73 Å². The Kier molecular flexibility index (Phi) is 4.72. The molecule has 0 aromatic rings. The van der Waals surface area contributed by atoms with Crippen LogP contribution in [0.3, 0.4) is 0 Å². The van der Waals surface area contributed by atoms with Gasteiger partial charge in [0.1, 0.15) is 12.7 Å². The smallest absolute Gasteiger partial charge is 0.354 e. The van der Waals surface area contributed by atoms with Crippen molar-refractivity contribution in [1.29, 1.82) is 0 Å². The number of hydrogen-bond acceptors (Lipinski definition) is 6. The van der Waals surface area contributed by atoms with Gasteiger partial charge in [-0.15, -0.1) is 5.17 Å². The zero-order chi connectivity index (χ0) is 11.3. The van der Waals surface area contributed by atoms with Gasteiger partial charge in [-0.2, -0.15) is 5.01 Å². The molecule has 1 aliphatic rings. The van der Waals surface area contributed by atoms with Crippen molar-refractivity contribution in [3.8, 4) is 0 Å². The number of primary amides is 1. The second-order valence-corrected chi connectivity index (χ2v) is 3.13. The number of carbonyl (C=O) groups excluding carboxylic acids is 1. The molecular formula is C7H16N4O4. The van der Waals surface area contributed by atoms with Crippen LogP contribution in [-0.2, 0) is 4.84 Å². The lowest BCUT2D eigenvalue weighted by Crippen LogP contribution is -2.49. The number of carbonyl (C=O) groups is 1. The first-order valence-electron chi connectivity index (χ1n) is 4.62. The maximum Gasteiger partial charge on any atom is 0.354 e. The van der Waals surface area contributed by atoms with E-state index >= 15 is 0 Å². The quantitative estimate of drug-likeness (QED) is 0.379. The van der Waals surface area contributed by atoms with E-state index in [0.29, 0.717) is 13.2 Å². The number of urea groups is 1. The van der Waals surface area contributed by atoms with Crippen molar-refractivity contribution in [2.75, 3.05) is 33.0 Å². The zero-order valence-corrected chi connectivity index (χ0v) is 8.30. The number of hydrogen-bond donors (Lipinski definition) is 4. The Bertz CT molecular complexity index is 209. The first-order chi connectivity index (χ1) is 7.15. The normalized spacial score (nSPS) is 19.1. The van der Waals surface area contributed by atoms with Gasteiger partial charge in [0.05, 0.1) is 13.3 Å². The largest absolute Gasteiger partial charge is 0.394 e. The van der Waals surface area contributed by atoms with E-state index in [1.807, 2.05) is 0 Å². The first-order valence-corrected chi connectivity index (χ1v) is 4.62. The Hall–Kier alpha value is -0.930. The van der Waals surface area contributed by atoms with Crippen LogP contribution in [0.4, 0.5) is 4.79 Å². The molecule has 0 saturated carbocycles. The minimum atomic E-state index is -1.03. The molecule has 2 amide bonds. The van der Waals surface area contributed by atoms with E-state index in [2.05, 4.69) is 5.32 Å². The lowest BCUT2D eigenvalue weighted by Gasteiger charge is -2.28. The lowest BCUT2D eigenvalue weighted by atomic mass is 10.4. The molecule has 0 aromatic heterocycles. The van der Waals surface area contributed by atoms with Crippen molar-refractivity contribution in [2.45, 2.75) is 6.10 Å². The van der Waals surface area contributed by atoms with Gasteiger partial charge in [-0.1, -0.05) is 0 Å². The standard InChI is InChI=1S/C7H16N4O4/c8-7(14)11(10-2-1-9-5-10)15-4-6(13)3-12/h6,9,12-13H,1-5H2,(H2,8,14). The van der Waals surface area contributed by atoms with Crippen molar-refractivity contribution in [3.63, 3.8) is 0 Å². The molecule has 1 heterocycles. The number of amides is 2. The third kappa shape index (κ3) is 3.61. The van der Waals surface area contributed by atoms with E-state index in [0.717, 1.165) is 11.7 Å². The summed E-state index contributed by atoms with van der Waals surface area (Å²) in [7, 11) is 0. The highest BCUT2D eigenvalue weighted by Gasteiger charge is 2.24. The molecule has 0 bridgehead atoms. The molecule has 1 aliphatic heterocycles. The average molecular weight is 220 g/mol. The summed E-state index contributed by atoms with van der Waals surface area (Å²) in [4.78, 5) is 16.0. The van der Waals surface area contributed by atoms with Gasteiger partial charge in [-0.05, 0) is 0 Å². The van der Waals surface area contributed by atoms with Crippen LogP contribution in [0.25, 0.3) is 0 Å². The highest BCUT2D eigenvalue weighted by molar-refractivity contribution is 5.70. The lowest BCUT2D eigenvalue weighted by molar-refractivity contribution is -0.246. The number of hydroxylamine groups is 1. The summed E-state index contributed by atoms with van der Waals surface area (Å²) < 4.78 is 0. The van der Waals surface area contributed by atoms with Crippen LogP contribution < -0.4 is 11.1 Å². The number of aliphatic hydroxyl groups is 2. The summed E-state index contributed by atoms with van der Waals surface area (Å²) in [6, 6.07) is -0.760. The maximum atomic E-state index is 11.0. The van der Waals surface area contributed by atoms with Crippen LogP contribution >= 0.6 is 0 Å². The monoisotopic (exact) mass is 220 g/mol. The minimum absolute atomic E-state index is 0.185. The van der Waals surface area contributed by atoms with Crippen LogP contribution in [0.2, 0.25) is 0 Å². The van der Waals surface area contributed by atoms with Crippen LogP contribution in [0.15, 0.2) is 0 Å². The van der Waals surface area contributed by atoms with Crippen molar-refractivity contribution < 1.29 is 19.8 Å². The van der Waals surface area contributed by atoms with E-state index in [1.54, 1.807) is 5.01 Å². The molecule has 1 saturated heterocycles. The fourth-order valence-corrected chi connectivity index (χ4v) is 1.14. The summed E-state index contributed by atoms with van der Waals surface area (Å²) in [6.07, 6.45) is -1.03. The van der Waals surface area contributed by atoms with Gasteiger partial charge in [-0.25, -0.2) is 4.79 Å². The van der Waals surface area contributed by atoms with Crippen molar-refractivity contribution in [1.82, 2.24) is 15.5 Å². The van der Waals surface area contributed by atoms with E-state index < -0.39 is 18.7 Å². The summed E-state index contributed by atoms with van der Waals surface area (Å²) >= 11 is 0. The van der Waals surface area contributed by atoms with Crippen LogP contribution in [0.5, 0.6) is 0 Å². The van der Waals surface area contributed by atoms with Gasteiger partial charge in [0.15, 0.2) is 0 Å². The van der Waals surface area contributed by atoms with Gasteiger partial charge in [0.2, 0.25) is 0 Å². The molecule has 88 valence electrons. The summed E-state index contributed by atoms with van der Waals surface area (Å²) in [5, 5.41) is 23.0. The summed E-state index contributed by atoms with van der Waals surface area (Å²) in [5.74, 6) is 0. The predicted octanol–water partition coefficient (Wildman–Crippen LogP) is -2.57. The Morgan fingerprint density at radius 2 is 2.47 bits per heavy atom. The van der Waals surface area contributed by atoms with Gasteiger partial charge in [-0.3, -0.25) is 4.84 Å². The third-order valence-corrected chi connectivity index (χ3v) is 1.89. The number of nitrogens with zero attached hydrogens (tertiary/aromatic N) is 2. The second kappa shape index (κ2) is 5.83. The van der Waals surface area contributed by atoms with E-state index in [-0.39, 0.29) is 6.61 Å². The molecule has 8 heteroatoms. The molecule has 0 aliphatic carbocycles. The molecule has 8 nitrogen and oxygen atoms in total. The number of nitrogens with one attached hydrogen (secondary N) is 1. The zero-order valence-electron chi connectivity index (χ0n) is 8.30. The molecule has 0 spiro atoms. The molecule has 0 aromatic carbocycles. The third-order valence-electron chi connectivity index (χ3n) is 1.89. The Morgan fingerprint density at radius 1 is 1.73 bits per heavy atom. The van der Waals surface area contributed by atoms with Gasteiger partial charge >= 0.3 is 6.03 Å². The Balaban J connectivity index is 2.39. The van der Waals surface area contributed by atoms with Crippen LogP contribution in [-0.4, -0.2) is 65.5 Å². The van der Waals surface area contributed by atoms with E-state index in [1.165, 1.54) is 0 Å². The molecule has 1 rings (SSSR count). The molecule has 5 N–H and O–H groups in total. The molecule has 1 unspecified atom stereocenters. The van der Waals surface area contributed by atoms with Gasteiger partial charge in [0.25, 0.3) is 0 Å². The SMILES string of the molecule is NC(=O)N(OCC(O)CO)N1CCNC1. The van der Waals surface area contributed by atoms with E-state index in [4.69, 9.17) is 20.8 Å². The number of aliphatic hydroxyl groups excluding tert-OH is 2. The minimum Gasteiger partial charge on any atom is -0.394 e. The summed E-state index contributed by atoms with van der Waals surface area (Å²) in [5.41, 5.74) is 5.09. The molecule has 0 radical (unpaired) electrons. The average Bonchev–Trinajstić information content (AvgIpc) is 2.70. The van der Waals surface area contributed by atoms with Crippen molar-refractivity contribution in [3.05, 3.63) is 0 Å². The van der Waals surface area contributed by atoms with E-state index in [9.17, 15) is 4.79 Å². The fourth-order valence-electron chi connectivity index (χ4n) is 1.14. The highest BCUT2D eigenvalue weighted by Crippen LogP contribution is 2.02. The summed E-state index contributed by atoms with van der Waals surface area (Å²) in [6.45, 7) is 1.17. The van der Waals surface area contributed by atoms with Crippen LogP contribution in [0.1, 0.15) is 0 Å². The van der Waals surface area contributed by atoms with Crippen molar-refractivity contribution >= 4 is 6.03 Å². The molecule has 1 atom stereocenters. The highest BCUT2D eigenvalue weighted by atomic mass is 16.7. The number of rotatable bonds is 5. The van der Waals surface area contributed by atoms with Gasteiger partial charge < -0.3 is 21.3 Å².